The number of nitrogens with zero attached hydrogens (tertiary/aromatic N) is 2. The summed E-state index contributed by atoms with van der Waals surface area (Å²) in [6, 6.07) is 1.88. The Morgan fingerprint density at radius 2 is 2.20 bits per heavy atom. The predicted octanol–water partition coefficient (Wildman–Crippen LogP) is 1.34. The summed E-state index contributed by atoms with van der Waals surface area (Å²) in [5.74, 6) is -0.240. The van der Waals surface area contributed by atoms with E-state index < -0.39 is 0 Å². The molecule has 0 spiro atoms. The Morgan fingerprint density at radius 1 is 1.45 bits per heavy atom. The first-order valence-electron chi connectivity index (χ1n) is 6.31. The molecule has 6 nitrogen and oxygen atoms in total. The molecule has 0 aliphatic heterocycles. The Balaban J connectivity index is 2.14. The zero-order valence-corrected chi connectivity index (χ0v) is 12.4. The van der Waals surface area contributed by atoms with Crippen molar-refractivity contribution in [3.8, 4) is 0 Å². The first kappa shape index (κ1) is 14.4. The van der Waals surface area contributed by atoms with Gasteiger partial charge in [-0.05, 0) is 43.4 Å². The largest absolute Gasteiger partial charge is 0.347 e. The van der Waals surface area contributed by atoms with Gasteiger partial charge in [0, 0.05) is 17.8 Å². The van der Waals surface area contributed by atoms with Crippen LogP contribution in [0.2, 0.25) is 0 Å². The third kappa shape index (κ3) is 2.93. The number of amides is 1. The van der Waals surface area contributed by atoms with Gasteiger partial charge in [-0.2, -0.15) is 0 Å². The minimum Gasteiger partial charge on any atom is -0.347 e. The summed E-state index contributed by atoms with van der Waals surface area (Å²) in [5, 5.41) is 6.65. The fraction of sp³-hybridized carbons (Fsp3) is 0.385. The Morgan fingerprint density at radius 3 is 2.85 bits per heavy atom. The second kappa shape index (κ2) is 5.96. The highest BCUT2D eigenvalue weighted by atomic mass is 32.1. The zero-order valence-electron chi connectivity index (χ0n) is 11.6. The van der Waals surface area contributed by atoms with Crippen LogP contribution in [0.15, 0.2) is 10.9 Å². The van der Waals surface area contributed by atoms with Gasteiger partial charge in [-0.25, -0.2) is 0 Å². The maximum atomic E-state index is 12.1. The molecule has 0 saturated heterocycles. The molecule has 2 aromatic rings. The zero-order chi connectivity index (χ0) is 14.7. The molecule has 0 aliphatic carbocycles. The van der Waals surface area contributed by atoms with Crippen molar-refractivity contribution in [2.24, 2.45) is 0 Å². The number of hydrogen-bond acceptors (Lipinski definition) is 5. The molecule has 0 bridgehead atoms. The number of carbonyl (C=O) groups is 1. The third-order valence-corrected chi connectivity index (χ3v) is 3.78. The lowest BCUT2D eigenvalue weighted by Crippen LogP contribution is -2.28. The lowest BCUT2D eigenvalue weighted by molar-refractivity contribution is 0.0953. The van der Waals surface area contributed by atoms with Crippen LogP contribution in [0, 0.1) is 13.8 Å². The number of H-pyrrole nitrogens is 1. The van der Waals surface area contributed by atoms with Crippen LogP contribution in [0.4, 0.5) is 0 Å². The quantitative estimate of drug-likeness (QED) is 0.890. The molecule has 0 fully saturated rings. The number of rotatable bonds is 4. The van der Waals surface area contributed by atoms with E-state index in [1.165, 1.54) is 0 Å². The lowest BCUT2D eigenvalue weighted by Gasteiger charge is -2.07. The molecule has 20 heavy (non-hydrogen) atoms. The minimum absolute atomic E-state index is 0.166. The van der Waals surface area contributed by atoms with Crippen molar-refractivity contribution in [1.82, 2.24) is 19.9 Å². The highest BCUT2D eigenvalue weighted by molar-refractivity contribution is 7.08. The Hall–Kier alpha value is -2.02. The summed E-state index contributed by atoms with van der Waals surface area (Å²) in [5.41, 5.74) is 2.76. The van der Waals surface area contributed by atoms with Gasteiger partial charge in [-0.3, -0.25) is 9.59 Å². The molecule has 106 valence electrons. The van der Waals surface area contributed by atoms with Crippen LogP contribution in [0.5, 0.6) is 0 Å². The van der Waals surface area contributed by atoms with Crippen LogP contribution in [0.1, 0.15) is 39.1 Å². The van der Waals surface area contributed by atoms with Crippen molar-refractivity contribution in [2.75, 3.05) is 0 Å². The van der Waals surface area contributed by atoms with Crippen LogP contribution >= 0.6 is 11.5 Å². The van der Waals surface area contributed by atoms with Crippen LogP contribution in [0.25, 0.3) is 0 Å². The molecule has 2 rings (SSSR count). The van der Waals surface area contributed by atoms with Crippen LogP contribution in [0.3, 0.4) is 0 Å². The SMILES string of the molecule is CCc1nnsc1C(=O)NCc1c(C)cc(C)[nH]c1=O. The van der Waals surface area contributed by atoms with E-state index in [0.717, 1.165) is 22.8 Å². The topological polar surface area (TPSA) is 87.7 Å². The van der Waals surface area contributed by atoms with Crippen LogP contribution < -0.4 is 10.9 Å². The number of aromatic amines is 1. The van der Waals surface area contributed by atoms with Crippen molar-refractivity contribution in [1.29, 1.82) is 0 Å². The molecule has 0 atom stereocenters. The summed E-state index contributed by atoms with van der Waals surface area (Å²) in [6.45, 7) is 5.80. The van der Waals surface area contributed by atoms with Gasteiger partial charge < -0.3 is 10.3 Å². The van der Waals surface area contributed by atoms with E-state index in [0.29, 0.717) is 22.6 Å². The van der Waals surface area contributed by atoms with E-state index in [1.807, 2.05) is 26.8 Å². The molecular formula is C13H16N4O2S. The maximum Gasteiger partial charge on any atom is 0.265 e. The summed E-state index contributed by atoms with van der Waals surface area (Å²) < 4.78 is 3.78. The molecule has 2 heterocycles. The van der Waals surface area contributed by atoms with Crippen molar-refractivity contribution in [3.05, 3.63) is 43.8 Å². The number of aromatic nitrogens is 3. The van der Waals surface area contributed by atoms with Gasteiger partial charge in [0.05, 0.1) is 5.69 Å². The predicted molar refractivity (Wildman–Crippen MR) is 77.0 cm³/mol. The van der Waals surface area contributed by atoms with Gasteiger partial charge in [0.15, 0.2) is 0 Å². The number of hydrogen-bond donors (Lipinski definition) is 2. The van der Waals surface area contributed by atoms with Crippen molar-refractivity contribution in [3.63, 3.8) is 0 Å². The molecular weight excluding hydrogens is 276 g/mol. The van der Waals surface area contributed by atoms with Gasteiger partial charge in [0.25, 0.3) is 11.5 Å². The Bertz CT molecular complexity index is 690. The second-order valence-corrected chi connectivity index (χ2v) is 5.28. The monoisotopic (exact) mass is 292 g/mol. The normalized spacial score (nSPS) is 10.6. The fourth-order valence-corrected chi connectivity index (χ4v) is 2.63. The Kier molecular flexibility index (Phi) is 4.29. The summed E-state index contributed by atoms with van der Waals surface area (Å²) in [7, 11) is 0. The molecule has 2 N–H and O–H groups in total. The van der Waals surface area contributed by atoms with E-state index in [1.54, 1.807) is 0 Å². The van der Waals surface area contributed by atoms with Gasteiger partial charge >= 0.3 is 0 Å². The molecule has 0 saturated carbocycles. The van der Waals surface area contributed by atoms with Gasteiger partial charge in [-0.1, -0.05) is 11.4 Å². The highest BCUT2D eigenvalue weighted by Crippen LogP contribution is 2.11. The molecule has 2 aromatic heterocycles. The van der Waals surface area contributed by atoms with Crippen LogP contribution in [-0.4, -0.2) is 20.5 Å². The molecule has 0 unspecified atom stereocenters. The van der Waals surface area contributed by atoms with E-state index in [4.69, 9.17) is 0 Å². The van der Waals surface area contributed by atoms with E-state index in [2.05, 4.69) is 19.9 Å². The summed E-state index contributed by atoms with van der Waals surface area (Å²) in [4.78, 5) is 27.1. The minimum atomic E-state index is -0.240. The highest BCUT2D eigenvalue weighted by Gasteiger charge is 2.15. The number of nitrogens with one attached hydrogen (secondary N) is 2. The van der Waals surface area contributed by atoms with Crippen molar-refractivity contribution < 1.29 is 4.79 Å². The molecule has 7 heteroatoms. The first-order valence-corrected chi connectivity index (χ1v) is 7.09. The number of pyridine rings is 1. The average Bonchev–Trinajstić information content (AvgIpc) is 2.85. The first-order chi connectivity index (χ1) is 9.52. The van der Waals surface area contributed by atoms with Gasteiger partial charge in [-0.15, -0.1) is 5.10 Å². The lowest BCUT2D eigenvalue weighted by atomic mass is 10.1. The standard InChI is InChI=1S/C13H16N4O2S/c1-4-10-11(20-17-16-10)13(19)14-6-9-7(2)5-8(3)15-12(9)18/h5H,4,6H2,1-3H3,(H,14,19)(H,15,18). The second-order valence-electron chi connectivity index (χ2n) is 4.53. The molecule has 0 aromatic carbocycles. The van der Waals surface area contributed by atoms with E-state index >= 15 is 0 Å². The summed E-state index contributed by atoms with van der Waals surface area (Å²) >= 11 is 1.07. The van der Waals surface area contributed by atoms with E-state index in [9.17, 15) is 9.59 Å². The fourth-order valence-electron chi connectivity index (χ4n) is 1.96. The maximum absolute atomic E-state index is 12.1. The summed E-state index contributed by atoms with van der Waals surface area (Å²) in [6.07, 6.45) is 0.656. The van der Waals surface area contributed by atoms with Crippen molar-refractivity contribution >= 4 is 17.4 Å². The smallest absolute Gasteiger partial charge is 0.265 e. The molecule has 1 amide bonds. The average molecular weight is 292 g/mol. The van der Waals surface area contributed by atoms with Crippen molar-refractivity contribution in [2.45, 2.75) is 33.7 Å². The van der Waals surface area contributed by atoms with Gasteiger partial charge in [0.1, 0.15) is 4.88 Å². The van der Waals surface area contributed by atoms with Gasteiger partial charge in [0.2, 0.25) is 0 Å². The third-order valence-electron chi connectivity index (χ3n) is 3.02. The molecule has 0 aliphatic rings. The number of carbonyl (C=O) groups excluding carboxylic acids is 1. The van der Waals surface area contributed by atoms with Crippen LogP contribution in [-0.2, 0) is 13.0 Å². The van der Waals surface area contributed by atoms with E-state index in [-0.39, 0.29) is 18.0 Å². The molecule has 0 radical (unpaired) electrons. The Labute approximate surface area is 120 Å². The number of aryl methyl sites for hydroxylation is 3.